The van der Waals surface area contributed by atoms with E-state index in [0.29, 0.717) is 6.54 Å². The third kappa shape index (κ3) is 4.61. The van der Waals surface area contributed by atoms with E-state index in [9.17, 15) is 8.42 Å². The zero-order valence-corrected chi connectivity index (χ0v) is 15.5. The van der Waals surface area contributed by atoms with E-state index >= 15 is 0 Å². The average Bonchev–Trinajstić information content (AvgIpc) is 2.61. The van der Waals surface area contributed by atoms with E-state index in [4.69, 9.17) is 0 Å². The number of hydrogen-bond acceptors (Lipinski definition) is 4. The van der Waals surface area contributed by atoms with Crippen LogP contribution in [0.25, 0.3) is 0 Å². The van der Waals surface area contributed by atoms with Crippen LogP contribution in [0.2, 0.25) is 0 Å². The summed E-state index contributed by atoms with van der Waals surface area (Å²) in [5, 5.41) is 3.28. The molecule has 0 amide bonds. The molecule has 26 heavy (non-hydrogen) atoms. The topological polar surface area (TPSA) is 71.1 Å². The Morgan fingerprint density at radius 2 is 1.65 bits per heavy atom. The molecular weight excluding hydrogens is 346 g/mol. The summed E-state index contributed by atoms with van der Waals surface area (Å²) in [6.07, 6.45) is 1.61. The Labute approximate surface area is 154 Å². The average molecular weight is 367 g/mol. The van der Waals surface area contributed by atoms with Crippen LogP contribution in [0.3, 0.4) is 0 Å². The Kier molecular flexibility index (Phi) is 5.23. The van der Waals surface area contributed by atoms with Gasteiger partial charge in [0.25, 0.3) is 10.0 Å². The van der Waals surface area contributed by atoms with Gasteiger partial charge in [-0.3, -0.25) is 4.72 Å². The van der Waals surface area contributed by atoms with E-state index in [0.717, 1.165) is 11.3 Å². The quantitative estimate of drug-likeness (QED) is 0.688. The third-order valence-electron chi connectivity index (χ3n) is 3.88. The molecule has 0 aliphatic heterocycles. The molecule has 0 saturated carbocycles. The van der Waals surface area contributed by atoms with Crippen LogP contribution in [0.5, 0.6) is 0 Å². The Balaban J connectivity index is 1.66. The molecule has 3 aromatic rings. The lowest BCUT2D eigenvalue weighted by Crippen LogP contribution is -2.14. The van der Waals surface area contributed by atoms with Crippen molar-refractivity contribution in [1.29, 1.82) is 0 Å². The number of aryl methyl sites for hydroxylation is 2. The van der Waals surface area contributed by atoms with Crippen molar-refractivity contribution in [2.24, 2.45) is 0 Å². The lowest BCUT2D eigenvalue weighted by Gasteiger charge is -2.10. The van der Waals surface area contributed by atoms with Crippen molar-refractivity contribution in [2.45, 2.75) is 25.3 Å². The monoisotopic (exact) mass is 367 g/mol. The summed E-state index contributed by atoms with van der Waals surface area (Å²) in [6.45, 7) is 4.59. The largest absolute Gasteiger partial charge is 0.380 e. The van der Waals surface area contributed by atoms with Crippen LogP contribution in [0.1, 0.15) is 16.7 Å². The minimum atomic E-state index is -3.64. The van der Waals surface area contributed by atoms with Gasteiger partial charge in [0.15, 0.2) is 0 Å². The number of aromatic nitrogens is 1. The summed E-state index contributed by atoms with van der Waals surface area (Å²) < 4.78 is 27.3. The highest BCUT2D eigenvalue weighted by Gasteiger charge is 2.14. The van der Waals surface area contributed by atoms with Crippen LogP contribution in [-0.4, -0.2) is 13.4 Å². The highest BCUT2D eigenvalue weighted by Crippen LogP contribution is 2.17. The Morgan fingerprint density at radius 3 is 2.31 bits per heavy atom. The van der Waals surface area contributed by atoms with Crippen LogP contribution < -0.4 is 10.0 Å². The van der Waals surface area contributed by atoms with Crippen LogP contribution in [0.4, 0.5) is 11.5 Å². The molecule has 0 saturated heterocycles. The molecule has 134 valence electrons. The van der Waals surface area contributed by atoms with Crippen molar-refractivity contribution in [3.8, 4) is 0 Å². The summed E-state index contributed by atoms with van der Waals surface area (Å²) in [5.41, 5.74) is 4.10. The van der Waals surface area contributed by atoms with Gasteiger partial charge in [0, 0.05) is 6.54 Å². The van der Waals surface area contributed by atoms with Gasteiger partial charge in [0.2, 0.25) is 0 Å². The molecule has 1 heterocycles. The van der Waals surface area contributed by atoms with Gasteiger partial charge in [-0.05, 0) is 49.2 Å². The van der Waals surface area contributed by atoms with Gasteiger partial charge in [0.1, 0.15) is 5.82 Å². The standard InChI is InChI=1S/C20H21N3O2S/c1-15-5-3-7-17(11-15)13-21-18-9-10-20(22-14-18)23-26(24,25)19-8-4-6-16(2)12-19/h3-12,14,21H,13H2,1-2H3,(H,22,23). The molecule has 0 radical (unpaired) electrons. The fourth-order valence-corrected chi connectivity index (χ4v) is 3.68. The number of pyridine rings is 1. The first-order valence-electron chi connectivity index (χ1n) is 8.27. The number of benzene rings is 2. The first-order valence-corrected chi connectivity index (χ1v) is 9.76. The summed E-state index contributed by atoms with van der Waals surface area (Å²) in [4.78, 5) is 4.41. The lowest BCUT2D eigenvalue weighted by atomic mass is 10.1. The minimum absolute atomic E-state index is 0.223. The van der Waals surface area contributed by atoms with E-state index < -0.39 is 10.0 Å². The second kappa shape index (κ2) is 7.58. The highest BCUT2D eigenvalue weighted by atomic mass is 32.2. The molecule has 0 spiro atoms. The van der Waals surface area contributed by atoms with Crippen molar-refractivity contribution >= 4 is 21.5 Å². The molecule has 0 bridgehead atoms. The second-order valence-corrected chi connectivity index (χ2v) is 7.88. The van der Waals surface area contributed by atoms with E-state index in [-0.39, 0.29) is 10.7 Å². The lowest BCUT2D eigenvalue weighted by molar-refractivity contribution is 0.601. The summed E-state index contributed by atoms with van der Waals surface area (Å²) in [6, 6.07) is 18.5. The van der Waals surface area contributed by atoms with Crippen molar-refractivity contribution in [3.05, 3.63) is 83.6 Å². The van der Waals surface area contributed by atoms with E-state index in [1.54, 1.807) is 36.5 Å². The van der Waals surface area contributed by atoms with Crippen LogP contribution in [0, 0.1) is 13.8 Å². The van der Waals surface area contributed by atoms with Crippen LogP contribution in [-0.2, 0) is 16.6 Å². The van der Waals surface area contributed by atoms with Gasteiger partial charge in [-0.15, -0.1) is 0 Å². The molecular formula is C20H21N3O2S. The van der Waals surface area contributed by atoms with Gasteiger partial charge in [-0.25, -0.2) is 13.4 Å². The number of nitrogens with one attached hydrogen (secondary N) is 2. The van der Waals surface area contributed by atoms with Crippen molar-refractivity contribution < 1.29 is 8.42 Å². The molecule has 2 N–H and O–H groups in total. The number of hydrogen-bond donors (Lipinski definition) is 2. The van der Waals surface area contributed by atoms with E-state index in [2.05, 4.69) is 40.1 Å². The van der Waals surface area contributed by atoms with Crippen molar-refractivity contribution in [1.82, 2.24) is 4.98 Å². The fraction of sp³-hybridized carbons (Fsp3) is 0.150. The molecule has 0 fully saturated rings. The zero-order valence-electron chi connectivity index (χ0n) is 14.7. The van der Waals surface area contributed by atoms with Gasteiger partial charge >= 0.3 is 0 Å². The van der Waals surface area contributed by atoms with Crippen molar-refractivity contribution in [3.63, 3.8) is 0 Å². The Bertz CT molecular complexity index is 1000. The molecule has 1 aromatic heterocycles. The fourth-order valence-electron chi connectivity index (χ4n) is 2.56. The summed E-state index contributed by atoms with van der Waals surface area (Å²) in [5.74, 6) is 0.285. The maximum absolute atomic E-state index is 12.4. The molecule has 2 aromatic carbocycles. The molecule has 6 heteroatoms. The first kappa shape index (κ1) is 17.9. The minimum Gasteiger partial charge on any atom is -0.380 e. The van der Waals surface area contributed by atoms with Gasteiger partial charge in [-0.1, -0.05) is 42.0 Å². The first-order chi connectivity index (χ1) is 12.4. The van der Waals surface area contributed by atoms with Crippen LogP contribution in [0.15, 0.2) is 71.8 Å². The predicted molar refractivity (Wildman–Crippen MR) is 105 cm³/mol. The zero-order chi connectivity index (χ0) is 18.6. The molecule has 5 nitrogen and oxygen atoms in total. The number of rotatable bonds is 6. The van der Waals surface area contributed by atoms with Gasteiger partial charge in [-0.2, -0.15) is 0 Å². The third-order valence-corrected chi connectivity index (χ3v) is 5.23. The molecule has 0 unspecified atom stereocenters. The van der Waals surface area contributed by atoms with Gasteiger partial charge in [0.05, 0.1) is 16.8 Å². The van der Waals surface area contributed by atoms with Crippen molar-refractivity contribution in [2.75, 3.05) is 10.0 Å². The van der Waals surface area contributed by atoms with E-state index in [1.165, 1.54) is 11.1 Å². The smallest absolute Gasteiger partial charge is 0.263 e. The number of anilines is 2. The summed E-state index contributed by atoms with van der Waals surface area (Å²) in [7, 11) is -3.64. The highest BCUT2D eigenvalue weighted by molar-refractivity contribution is 7.92. The molecule has 0 atom stereocenters. The second-order valence-electron chi connectivity index (χ2n) is 6.20. The predicted octanol–water partition coefficient (Wildman–Crippen LogP) is 4.11. The Morgan fingerprint density at radius 1 is 0.923 bits per heavy atom. The Hall–Kier alpha value is -2.86. The maximum atomic E-state index is 12.4. The summed E-state index contributed by atoms with van der Waals surface area (Å²) >= 11 is 0. The van der Waals surface area contributed by atoms with Gasteiger partial charge < -0.3 is 5.32 Å². The number of sulfonamides is 1. The molecule has 3 rings (SSSR count). The molecule has 0 aliphatic rings. The normalized spacial score (nSPS) is 11.2. The number of nitrogens with zero attached hydrogens (tertiary/aromatic N) is 1. The SMILES string of the molecule is Cc1cccc(CNc2ccc(NS(=O)(=O)c3cccc(C)c3)nc2)c1. The van der Waals surface area contributed by atoms with E-state index in [1.807, 2.05) is 19.1 Å². The maximum Gasteiger partial charge on any atom is 0.263 e. The molecule has 0 aliphatic carbocycles. The van der Waals surface area contributed by atoms with Crippen LogP contribution >= 0.6 is 0 Å².